The molecule has 1 aromatic carbocycles. The molecule has 6 heteroatoms. The van der Waals surface area contributed by atoms with Crippen LogP contribution in [0.4, 0.5) is 0 Å². The highest BCUT2D eigenvalue weighted by atomic mass is 79.9. The molecule has 1 N–H and O–H groups in total. The molecule has 1 fully saturated rings. The molecule has 0 aromatic heterocycles. The maximum atomic E-state index is 12.1. The molecule has 25 heavy (non-hydrogen) atoms. The van der Waals surface area contributed by atoms with Crippen molar-refractivity contribution in [1.82, 2.24) is 10.2 Å². The highest BCUT2D eigenvalue weighted by Crippen LogP contribution is 2.18. The number of halogens is 1. The van der Waals surface area contributed by atoms with Gasteiger partial charge in [-0.3, -0.25) is 9.59 Å². The second-order valence-corrected chi connectivity index (χ2v) is 7.79. The molecule has 0 unspecified atom stereocenters. The van der Waals surface area contributed by atoms with Crippen molar-refractivity contribution in [1.29, 1.82) is 0 Å². The number of ether oxygens (including phenoxy) is 1. The van der Waals surface area contributed by atoms with Crippen molar-refractivity contribution < 1.29 is 14.3 Å². The molecule has 0 aliphatic carbocycles. The Balaban J connectivity index is 1.64. The number of amides is 2. The Bertz CT molecular complexity index is 584. The van der Waals surface area contributed by atoms with Crippen molar-refractivity contribution in [3.05, 3.63) is 28.7 Å². The zero-order valence-electron chi connectivity index (χ0n) is 15.0. The monoisotopic (exact) mass is 410 g/mol. The summed E-state index contributed by atoms with van der Waals surface area (Å²) in [7, 11) is 0. The summed E-state index contributed by atoms with van der Waals surface area (Å²) in [6, 6.07) is 7.72. The molecule has 138 valence electrons. The average Bonchev–Trinajstić information content (AvgIpc) is 2.55. The van der Waals surface area contributed by atoms with Gasteiger partial charge in [0.05, 0.1) is 13.0 Å². The van der Waals surface area contributed by atoms with Crippen molar-refractivity contribution in [3.8, 4) is 5.75 Å². The fraction of sp³-hybridized carbons (Fsp3) is 0.579. The fourth-order valence-electron chi connectivity index (χ4n) is 2.87. The third-order valence-electron chi connectivity index (χ3n) is 4.19. The number of benzene rings is 1. The van der Waals surface area contributed by atoms with Gasteiger partial charge in [0.15, 0.2) is 0 Å². The number of nitrogens with zero attached hydrogens (tertiary/aromatic N) is 1. The lowest BCUT2D eigenvalue weighted by molar-refractivity contribution is -0.133. The first-order valence-electron chi connectivity index (χ1n) is 8.89. The summed E-state index contributed by atoms with van der Waals surface area (Å²) in [5, 5.41) is 3.05. The van der Waals surface area contributed by atoms with Crippen LogP contribution in [0.5, 0.6) is 5.75 Å². The molecule has 0 bridgehead atoms. The molecule has 1 aliphatic heterocycles. The summed E-state index contributed by atoms with van der Waals surface area (Å²) >= 11 is 3.39. The van der Waals surface area contributed by atoms with Crippen molar-refractivity contribution in [2.75, 3.05) is 19.7 Å². The third-order valence-corrected chi connectivity index (χ3v) is 4.68. The Labute approximate surface area is 158 Å². The first kappa shape index (κ1) is 19.8. The molecule has 0 saturated carbocycles. The van der Waals surface area contributed by atoms with Gasteiger partial charge in [-0.05, 0) is 37.0 Å². The Morgan fingerprint density at radius 2 is 2.04 bits per heavy atom. The number of rotatable bonds is 7. The topological polar surface area (TPSA) is 58.6 Å². The van der Waals surface area contributed by atoms with Gasteiger partial charge in [0.2, 0.25) is 11.8 Å². The van der Waals surface area contributed by atoms with Crippen molar-refractivity contribution in [2.24, 2.45) is 5.92 Å². The Kier molecular flexibility index (Phi) is 7.75. The molecule has 2 rings (SSSR count). The van der Waals surface area contributed by atoms with Crippen LogP contribution in [-0.4, -0.2) is 42.5 Å². The summed E-state index contributed by atoms with van der Waals surface area (Å²) < 4.78 is 6.54. The number of carbonyl (C=O) groups is 2. The minimum Gasteiger partial charge on any atom is -0.493 e. The van der Waals surface area contributed by atoms with E-state index in [1.807, 2.05) is 29.2 Å². The van der Waals surface area contributed by atoms with Crippen LogP contribution in [0.3, 0.4) is 0 Å². The number of hydrogen-bond acceptors (Lipinski definition) is 3. The number of carbonyl (C=O) groups excluding carboxylic acids is 2. The van der Waals surface area contributed by atoms with Crippen molar-refractivity contribution >= 4 is 27.7 Å². The van der Waals surface area contributed by atoms with Gasteiger partial charge in [0, 0.05) is 30.0 Å². The molecular formula is C19H27BrN2O3. The minimum atomic E-state index is 0.00181. The van der Waals surface area contributed by atoms with Crippen LogP contribution in [0.25, 0.3) is 0 Å². The first-order valence-corrected chi connectivity index (χ1v) is 9.69. The van der Waals surface area contributed by atoms with Crippen LogP contribution in [0.2, 0.25) is 0 Å². The SMILES string of the molecule is CC(C)CC(=O)N1CCC(NC(=O)CCOc2cccc(Br)c2)CC1. The fourth-order valence-corrected chi connectivity index (χ4v) is 3.25. The molecular weight excluding hydrogens is 384 g/mol. The number of likely N-dealkylation sites (tertiary alicyclic amines) is 1. The lowest BCUT2D eigenvalue weighted by Gasteiger charge is -2.32. The normalized spacial score (nSPS) is 15.3. The summed E-state index contributed by atoms with van der Waals surface area (Å²) in [5.74, 6) is 1.36. The maximum Gasteiger partial charge on any atom is 0.223 e. The van der Waals surface area contributed by atoms with Gasteiger partial charge in [-0.1, -0.05) is 35.8 Å². The quantitative estimate of drug-likeness (QED) is 0.749. The zero-order chi connectivity index (χ0) is 18.2. The second kappa shape index (κ2) is 9.80. The van der Waals surface area contributed by atoms with Crippen LogP contribution in [-0.2, 0) is 9.59 Å². The van der Waals surface area contributed by atoms with E-state index in [1.54, 1.807) is 0 Å². The van der Waals surface area contributed by atoms with Crippen molar-refractivity contribution in [2.45, 2.75) is 45.6 Å². The van der Waals surface area contributed by atoms with E-state index in [1.165, 1.54) is 0 Å². The lowest BCUT2D eigenvalue weighted by Crippen LogP contribution is -2.46. The predicted molar refractivity (Wildman–Crippen MR) is 101 cm³/mol. The van der Waals surface area contributed by atoms with Gasteiger partial charge in [0.1, 0.15) is 5.75 Å². The largest absolute Gasteiger partial charge is 0.493 e. The van der Waals surface area contributed by atoms with E-state index in [9.17, 15) is 9.59 Å². The van der Waals surface area contributed by atoms with E-state index in [0.717, 1.165) is 36.2 Å². The predicted octanol–water partition coefficient (Wildman–Crippen LogP) is 3.37. The van der Waals surface area contributed by atoms with E-state index >= 15 is 0 Å². The number of nitrogens with one attached hydrogen (secondary N) is 1. The Hall–Kier alpha value is -1.56. The molecule has 2 amide bonds. The molecule has 0 atom stereocenters. The van der Waals surface area contributed by atoms with Gasteiger partial charge < -0.3 is 15.0 Å². The molecule has 1 heterocycles. The maximum absolute atomic E-state index is 12.1. The highest BCUT2D eigenvalue weighted by Gasteiger charge is 2.23. The minimum absolute atomic E-state index is 0.00181. The summed E-state index contributed by atoms with van der Waals surface area (Å²) in [5.41, 5.74) is 0. The zero-order valence-corrected chi connectivity index (χ0v) is 16.5. The van der Waals surface area contributed by atoms with Crippen LogP contribution < -0.4 is 10.1 Å². The van der Waals surface area contributed by atoms with Gasteiger partial charge in [0.25, 0.3) is 0 Å². The summed E-state index contributed by atoms with van der Waals surface area (Å²) in [4.78, 5) is 26.0. The summed E-state index contributed by atoms with van der Waals surface area (Å²) in [6.45, 7) is 5.92. The van der Waals surface area contributed by atoms with Crippen LogP contribution >= 0.6 is 15.9 Å². The van der Waals surface area contributed by atoms with Crippen molar-refractivity contribution in [3.63, 3.8) is 0 Å². The lowest BCUT2D eigenvalue weighted by atomic mass is 10.0. The standard InChI is InChI=1S/C19H27BrN2O3/c1-14(2)12-19(24)22-9-6-16(7-10-22)21-18(23)8-11-25-17-5-3-4-15(20)13-17/h3-5,13-14,16H,6-12H2,1-2H3,(H,21,23). The van der Waals surface area contributed by atoms with Crippen LogP contribution in [0.15, 0.2) is 28.7 Å². The molecule has 1 aliphatic rings. The van der Waals surface area contributed by atoms with Gasteiger partial charge >= 0.3 is 0 Å². The molecule has 0 spiro atoms. The molecule has 1 saturated heterocycles. The third kappa shape index (κ3) is 7.06. The van der Waals surface area contributed by atoms with E-state index < -0.39 is 0 Å². The van der Waals surface area contributed by atoms with Crippen LogP contribution in [0.1, 0.15) is 39.5 Å². The van der Waals surface area contributed by atoms with E-state index in [2.05, 4.69) is 35.1 Å². The Morgan fingerprint density at radius 1 is 1.32 bits per heavy atom. The Morgan fingerprint density at radius 3 is 2.68 bits per heavy atom. The number of piperidine rings is 1. The van der Waals surface area contributed by atoms with Gasteiger partial charge in [-0.15, -0.1) is 0 Å². The van der Waals surface area contributed by atoms with E-state index in [0.29, 0.717) is 25.4 Å². The smallest absolute Gasteiger partial charge is 0.223 e. The first-order chi connectivity index (χ1) is 11.9. The highest BCUT2D eigenvalue weighted by molar-refractivity contribution is 9.10. The number of hydrogen-bond donors (Lipinski definition) is 1. The molecule has 1 aromatic rings. The second-order valence-electron chi connectivity index (χ2n) is 6.88. The summed E-state index contributed by atoms with van der Waals surface area (Å²) in [6.07, 6.45) is 2.58. The van der Waals surface area contributed by atoms with Gasteiger partial charge in [-0.2, -0.15) is 0 Å². The van der Waals surface area contributed by atoms with E-state index in [-0.39, 0.29) is 17.9 Å². The van der Waals surface area contributed by atoms with Crippen LogP contribution in [0, 0.1) is 5.92 Å². The van der Waals surface area contributed by atoms with E-state index in [4.69, 9.17) is 4.74 Å². The molecule has 5 nitrogen and oxygen atoms in total. The molecule has 0 radical (unpaired) electrons. The average molecular weight is 411 g/mol. The van der Waals surface area contributed by atoms with Gasteiger partial charge in [-0.25, -0.2) is 0 Å².